The fraction of sp³-hybridized carbons (Fsp3) is 0.892. The van der Waals surface area contributed by atoms with Crippen LogP contribution in [0.25, 0.3) is 0 Å². The van der Waals surface area contributed by atoms with E-state index in [1.807, 2.05) is 0 Å². The third kappa shape index (κ3) is 7.05. The lowest BCUT2D eigenvalue weighted by Gasteiger charge is -2.56. The van der Waals surface area contributed by atoms with Crippen LogP contribution in [0.15, 0.2) is 37.9 Å². The minimum atomic E-state index is -2.84. The zero-order valence-corrected chi connectivity index (χ0v) is 36.1. The van der Waals surface area contributed by atoms with Gasteiger partial charge in [-0.25, -0.2) is 23.4 Å². The highest BCUT2D eigenvalue weighted by molar-refractivity contribution is 7.83. The second-order valence-electron chi connectivity index (χ2n) is 17.3. The van der Waals surface area contributed by atoms with E-state index in [0.29, 0.717) is 58.8 Å². The van der Waals surface area contributed by atoms with Crippen LogP contribution in [0.3, 0.4) is 0 Å². The lowest BCUT2D eigenvalue weighted by Crippen LogP contribution is -2.51. The Hall–Kier alpha value is -0.390. The van der Waals surface area contributed by atoms with Gasteiger partial charge in [0, 0.05) is 129 Å². The number of hydrogen-bond donors (Lipinski definition) is 1. The molecule has 11 aliphatic rings. The maximum Gasteiger partial charge on any atom is 0.221 e. The average Bonchev–Trinajstić information content (AvgIpc) is 4.12. The molecule has 5 spiro atoms. The Bertz CT molecular complexity index is 1550. The van der Waals surface area contributed by atoms with E-state index in [0.717, 1.165) is 130 Å². The smallest absolute Gasteiger partial charge is 0.221 e. The molecule has 1 N–H and O–H groups in total. The standard InChI is InChI=1S/C37H62N9O8P3/c1-2-5-33(4-1)32-46-15-3-14-38-55(46)39-56(42-16-6-34(7-17-42)47-24-25-48-34,43-18-8-35(9-19-43)49-26-27-50-35)41-57(40-55,44-20-10-36(11-21-44)51-28-29-52-36)45-22-12-37(13-23-45)53-30-31-54-37/h1-2,4-5,33,38H,3,6-32H2. The molecular weight excluding hydrogens is 791 g/mol. The maximum atomic E-state index is 6.51. The molecule has 9 fully saturated rings. The van der Waals surface area contributed by atoms with Crippen molar-refractivity contribution in [1.29, 1.82) is 0 Å². The van der Waals surface area contributed by atoms with Crippen LogP contribution < -0.4 is 5.09 Å². The lowest BCUT2D eigenvalue weighted by atomic mass is 10.1. The van der Waals surface area contributed by atoms with Crippen molar-refractivity contribution in [2.45, 2.75) is 80.9 Å². The van der Waals surface area contributed by atoms with Crippen LogP contribution in [-0.2, 0) is 37.9 Å². The van der Waals surface area contributed by atoms with Gasteiger partial charge in [-0.2, -0.15) is 13.5 Å². The normalized spacial score (nSPS) is 36.5. The van der Waals surface area contributed by atoms with Crippen LogP contribution >= 0.6 is 22.5 Å². The first-order valence-electron chi connectivity index (χ1n) is 21.8. The predicted octanol–water partition coefficient (Wildman–Crippen LogP) is 5.23. The third-order valence-corrected chi connectivity index (χ3v) is 26.3. The molecule has 0 aromatic heterocycles. The molecule has 0 aromatic carbocycles. The first-order chi connectivity index (χ1) is 27.9. The molecule has 0 bridgehead atoms. The van der Waals surface area contributed by atoms with E-state index in [9.17, 15) is 0 Å². The number of ether oxygens (including phenoxy) is 8. The highest BCUT2D eigenvalue weighted by Gasteiger charge is 2.57. The van der Waals surface area contributed by atoms with Crippen LogP contribution in [0, 0.1) is 5.92 Å². The zero-order chi connectivity index (χ0) is 38.1. The molecule has 1 atom stereocenters. The van der Waals surface area contributed by atoms with Crippen molar-refractivity contribution in [2.75, 3.05) is 125 Å². The second-order valence-corrected chi connectivity index (χ2v) is 25.8. The largest absolute Gasteiger partial charge is 0.347 e. The van der Waals surface area contributed by atoms with Gasteiger partial charge in [-0.3, -0.25) is 5.09 Å². The number of hydrogen-bond acceptors (Lipinski definition) is 17. The average molecular weight is 854 g/mol. The molecular formula is C37H62N9O8P3. The van der Waals surface area contributed by atoms with Crippen molar-refractivity contribution in [3.63, 3.8) is 0 Å². The highest BCUT2D eigenvalue weighted by Crippen LogP contribution is 2.83. The Labute approximate surface area is 337 Å². The molecule has 0 aromatic rings. The lowest BCUT2D eigenvalue weighted by molar-refractivity contribution is -0.182. The highest BCUT2D eigenvalue weighted by atomic mass is 31.3. The Morgan fingerprint density at radius 3 is 1.19 bits per heavy atom. The first-order valence-corrected chi connectivity index (χ1v) is 26.6. The molecule has 0 radical (unpaired) electrons. The third-order valence-electron chi connectivity index (χ3n) is 14.1. The molecule has 11 rings (SSSR count). The molecule has 9 saturated heterocycles. The molecule has 0 saturated carbocycles. The number of piperidine rings is 4. The van der Waals surface area contributed by atoms with Crippen LogP contribution in [0.1, 0.15) is 57.8 Å². The van der Waals surface area contributed by atoms with Gasteiger partial charge in [-0.15, -0.1) is 0 Å². The minimum absolute atomic E-state index is 0.322. The van der Waals surface area contributed by atoms with Gasteiger partial charge < -0.3 is 37.9 Å². The fourth-order valence-corrected chi connectivity index (χ4v) is 26.4. The molecule has 17 nitrogen and oxygen atoms in total. The summed E-state index contributed by atoms with van der Waals surface area (Å²) in [5, 5.41) is 4.17. The van der Waals surface area contributed by atoms with E-state index in [-0.39, 0.29) is 0 Å². The quantitative estimate of drug-likeness (QED) is 0.349. The summed E-state index contributed by atoms with van der Waals surface area (Å²) in [6.45, 7) is 14.4. The molecule has 20 heteroatoms. The predicted molar refractivity (Wildman–Crippen MR) is 216 cm³/mol. The van der Waals surface area contributed by atoms with Crippen molar-refractivity contribution >= 4 is 22.5 Å². The summed E-state index contributed by atoms with van der Waals surface area (Å²) in [6.07, 6.45) is 16.5. The van der Waals surface area contributed by atoms with Gasteiger partial charge in [0.15, 0.2) is 23.1 Å². The van der Waals surface area contributed by atoms with E-state index in [2.05, 4.69) is 52.7 Å². The summed E-state index contributed by atoms with van der Waals surface area (Å²) in [4.78, 5) is 0. The van der Waals surface area contributed by atoms with Gasteiger partial charge in [-0.1, -0.05) is 24.3 Å². The van der Waals surface area contributed by atoms with Crippen molar-refractivity contribution in [3.05, 3.63) is 24.3 Å². The first kappa shape index (κ1) is 39.5. The Kier molecular flexibility index (Phi) is 10.7. The second kappa shape index (κ2) is 15.4. The van der Waals surface area contributed by atoms with Gasteiger partial charge in [0.2, 0.25) is 22.5 Å². The summed E-state index contributed by atoms with van der Waals surface area (Å²) in [7, 11) is -8.42. The van der Waals surface area contributed by atoms with E-state index < -0.39 is 45.7 Å². The van der Waals surface area contributed by atoms with Crippen molar-refractivity contribution in [2.24, 2.45) is 19.5 Å². The summed E-state index contributed by atoms with van der Waals surface area (Å²) < 4.78 is 83.3. The Balaban J connectivity index is 1.09. The molecule has 1 unspecified atom stereocenters. The Morgan fingerprint density at radius 1 is 0.474 bits per heavy atom. The van der Waals surface area contributed by atoms with E-state index in [1.54, 1.807) is 0 Å². The van der Waals surface area contributed by atoms with E-state index in [4.69, 9.17) is 51.4 Å². The van der Waals surface area contributed by atoms with Crippen molar-refractivity contribution in [1.82, 2.24) is 28.4 Å². The van der Waals surface area contributed by atoms with Crippen LogP contribution in [-0.4, -0.2) is 171 Å². The van der Waals surface area contributed by atoms with Gasteiger partial charge >= 0.3 is 0 Å². The van der Waals surface area contributed by atoms with Gasteiger partial charge in [0.25, 0.3) is 0 Å². The van der Waals surface area contributed by atoms with Gasteiger partial charge in [0.05, 0.1) is 52.9 Å². The summed E-state index contributed by atoms with van der Waals surface area (Å²) in [5.41, 5.74) is 0. The van der Waals surface area contributed by atoms with Crippen LogP contribution in [0.5, 0.6) is 0 Å². The SMILES string of the molecule is C1=CC(CN2CCCNP23=NP(N2CCC4(CC2)OCCO4)(N2CCC4(CC2)OCCO4)=NP(N2CCC4(CC2)OCCO4)(N2CCC4(CC2)OCCO4)=N3)C=C1. The van der Waals surface area contributed by atoms with Crippen molar-refractivity contribution < 1.29 is 37.9 Å². The molecule has 0 amide bonds. The number of nitrogens with zero attached hydrogens (tertiary/aromatic N) is 8. The molecule has 1 aliphatic carbocycles. The Morgan fingerprint density at radius 2 is 0.825 bits per heavy atom. The summed E-state index contributed by atoms with van der Waals surface area (Å²) >= 11 is 0. The minimum Gasteiger partial charge on any atom is -0.347 e. The fourth-order valence-electron chi connectivity index (χ4n) is 10.9. The number of rotatable bonds is 6. The van der Waals surface area contributed by atoms with Crippen LogP contribution in [0.2, 0.25) is 0 Å². The van der Waals surface area contributed by atoms with Gasteiger partial charge in [0.1, 0.15) is 0 Å². The molecule has 318 valence electrons. The molecule has 57 heavy (non-hydrogen) atoms. The summed E-state index contributed by atoms with van der Waals surface area (Å²) in [5.74, 6) is -1.74. The topological polar surface area (TPSA) is 139 Å². The van der Waals surface area contributed by atoms with E-state index >= 15 is 0 Å². The zero-order valence-electron chi connectivity index (χ0n) is 33.4. The number of nitrogens with one attached hydrogen (secondary N) is 1. The monoisotopic (exact) mass is 853 g/mol. The molecule has 10 heterocycles. The van der Waals surface area contributed by atoms with Crippen LogP contribution in [0.4, 0.5) is 0 Å². The number of allylic oxidation sites excluding steroid dienone is 2. The summed E-state index contributed by atoms with van der Waals surface area (Å²) in [6, 6.07) is 0. The van der Waals surface area contributed by atoms with Crippen molar-refractivity contribution in [3.8, 4) is 0 Å². The van der Waals surface area contributed by atoms with Gasteiger partial charge in [-0.05, 0) is 6.42 Å². The van der Waals surface area contributed by atoms with E-state index in [1.165, 1.54) is 0 Å². The maximum absolute atomic E-state index is 6.51. The molecule has 10 aliphatic heterocycles.